The summed E-state index contributed by atoms with van der Waals surface area (Å²) in [5, 5.41) is 12.1. The molecule has 0 fully saturated rings. The lowest BCUT2D eigenvalue weighted by atomic mass is 9.93. The monoisotopic (exact) mass is 333 g/mol. The summed E-state index contributed by atoms with van der Waals surface area (Å²) in [5.74, 6) is -0.981. The van der Waals surface area contributed by atoms with Gasteiger partial charge in [0.1, 0.15) is 0 Å². The summed E-state index contributed by atoms with van der Waals surface area (Å²) in [6.07, 6.45) is 1.58. The number of amides is 2. The maximum absolute atomic E-state index is 12.8. The number of carbonyl (C=O) groups excluding carboxylic acids is 2. The van der Waals surface area contributed by atoms with E-state index in [1.54, 1.807) is 42.6 Å². The van der Waals surface area contributed by atoms with Crippen molar-refractivity contribution in [2.24, 2.45) is 0 Å². The van der Waals surface area contributed by atoms with Crippen LogP contribution in [0.2, 0.25) is 0 Å². The third kappa shape index (κ3) is 2.33. The molecule has 1 aliphatic rings. The Bertz CT molecular complexity index is 1050. The van der Waals surface area contributed by atoms with E-state index in [0.717, 1.165) is 4.90 Å². The minimum Gasteiger partial charge on any atom is -0.269 e. The summed E-state index contributed by atoms with van der Waals surface area (Å²) in [6, 6.07) is 12.7. The lowest BCUT2D eigenvalue weighted by Gasteiger charge is -2.26. The van der Waals surface area contributed by atoms with Crippen LogP contribution in [0.5, 0.6) is 0 Å². The molecule has 1 aromatic heterocycles. The van der Waals surface area contributed by atoms with Crippen LogP contribution < -0.4 is 0 Å². The van der Waals surface area contributed by atoms with Gasteiger partial charge in [-0.15, -0.1) is 0 Å². The lowest BCUT2D eigenvalue weighted by molar-refractivity contribution is -0.384. The van der Waals surface area contributed by atoms with Crippen LogP contribution >= 0.6 is 0 Å². The molecule has 3 aromatic rings. The Labute approximate surface area is 141 Å². The van der Waals surface area contributed by atoms with Crippen molar-refractivity contribution in [1.29, 1.82) is 0 Å². The van der Waals surface area contributed by atoms with Gasteiger partial charge in [0, 0.05) is 29.3 Å². The zero-order valence-electron chi connectivity index (χ0n) is 12.9. The molecule has 0 aliphatic carbocycles. The fraction of sp³-hybridized carbons (Fsp3) is 0.0556. The predicted octanol–water partition coefficient (Wildman–Crippen LogP) is 2.94. The van der Waals surface area contributed by atoms with Crippen molar-refractivity contribution in [3.63, 3.8) is 0 Å². The van der Waals surface area contributed by atoms with Crippen molar-refractivity contribution in [1.82, 2.24) is 9.88 Å². The Morgan fingerprint density at radius 1 is 1.00 bits per heavy atom. The molecular formula is C18H11N3O4. The van der Waals surface area contributed by atoms with E-state index in [0.29, 0.717) is 22.0 Å². The zero-order valence-corrected chi connectivity index (χ0v) is 12.9. The van der Waals surface area contributed by atoms with Gasteiger partial charge >= 0.3 is 0 Å². The second-order valence-corrected chi connectivity index (χ2v) is 5.67. The highest BCUT2D eigenvalue weighted by Crippen LogP contribution is 2.33. The van der Waals surface area contributed by atoms with Crippen LogP contribution in [0.4, 0.5) is 5.69 Å². The van der Waals surface area contributed by atoms with E-state index in [1.165, 1.54) is 12.1 Å². The molecule has 2 amide bonds. The van der Waals surface area contributed by atoms with E-state index in [2.05, 4.69) is 4.98 Å². The molecule has 0 bridgehead atoms. The second-order valence-electron chi connectivity index (χ2n) is 5.67. The number of aromatic nitrogens is 1. The largest absolute Gasteiger partial charge is 0.270 e. The van der Waals surface area contributed by atoms with E-state index in [4.69, 9.17) is 0 Å². The van der Waals surface area contributed by atoms with Crippen molar-refractivity contribution in [3.05, 3.63) is 81.7 Å². The fourth-order valence-electron chi connectivity index (χ4n) is 3.04. The first kappa shape index (κ1) is 14.9. The SMILES string of the molecule is O=C1c2cccc3cc([N+](=O)[O-])cc(c23)C(=O)N1Cc1ccccn1. The summed E-state index contributed by atoms with van der Waals surface area (Å²) < 4.78 is 0. The maximum Gasteiger partial charge on any atom is 0.270 e. The van der Waals surface area contributed by atoms with Gasteiger partial charge in [0.15, 0.2) is 0 Å². The number of nitrogens with zero attached hydrogens (tertiary/aromatic N) is 3. The van der Waals surface area contributed by atoms with Gasteiger partial charge in [-0.3, -0.25) is 29.6 Å². The van der Waals surface area contributed by atoms with Crippen LogP contribution in [0, 0.1) is 10.1 Å². The number of rotatable bonds is 3. The molecule has 122 valence electrons. The number of imide groups is 1. The molecule has 7 heteroatoms. The Hall–Kier alpha value is -3.61. The normalized spacial score (nSPS) is 13.4. The summed E-state index contributed by atoms with van der Waals surface area (Å²) in [6.45, 7) is 0.0109. The molecular weight excluding hydrogens is 322 g/mol. The van der Waals surface area contributed by atoms with Crippen molar-refractivity contribution in [3.8, 4) is 0 Å². The van der Waals surface area contributed by atoms with Crippen LogP contribution in [0.1, 0.15) is 26.4 Å². The number of hydrogen-bond donors (Lipinski definition) is 0. The van der Waals surface area contributed by atoms with Gasteiger partial charge < -0.3 is 0 Å². The maximum atomic E-state index is 12.8. The van der Waals surface area contributed by atoms with Crippen molar-refractivity contribution in [2.75, 3.05) is 0 Å². The Balaban J connectivity index is 1.89. The van der Waals surface area contributed by atoms with E-state index < -0.39 is 16.7 Å². The number of nitro groups is 1. The van der Waals surface area contributed by atoms with Gasteiger partial charge in [-0.25, -0.2) is 0 Å². The fourth-order valence-corrected chi connectivity index (χ4v) is 3.04. The van der Waals surface area contributed by atoms with Crippen molar-refractivity contribution in [2.45, 2.75) is 6.54 Å². The minimum absolute atomic E-state index is 0.0109. The third-order valence-corrected chi connectivity index (χ3v) is 4.17. The van der Waals surface area contributed by atoms with Gasteiger partial charge in [-0.1, -0.05) is 18.2 Å². The standard InChI is InChI=1S/C18H11N3O4/c22-17-14-6-3-4-11-8-13(21(24)25)9-15(16(11)14)18(23)20(17)10-12-5-1-2-7-19-12/h1-9H,10H2. The zero-order chi connectivity index (χ0) is 17.6. The predicted molar refractivity (Wildman–Crippen MR) is 89.0 cm³/mol. The van der Waals surface area contributed by atoms with E-state index in [9.17, 15) is 19.7 Å². The molecule has 0 atom stereocenters. The topological polar surface area (TPSA) is 93.4 Å². The molecule has 1 aliphatic heterocycles. The molecule has 7 nitrogen and oxygen atoms in total. The first-order valence-electron chi connectivity index (χ1n) is 7.53. The average Bonchev–Trinajstić information content (AvgIpc) is 2.63. The van der Waals surface area contributed by atoms with Gasteiger partial charge in [0.2, 0.25) is 0 Å². The molecule has 0 spiro atoms. The summed E-state index contributed by atoms with van der Waals surface area (Å²) in [5.41, 5.74) is 0.902. The Morgan fingerprint density at radius 3 is 2.52 bits per heavy atom. The second kappa shape index (κ2) is 5.48. The lowest BCUT2D eigenvalue weighted by Crippen LogP contribution is -2.39. The number of benzene rings is 2. The van der Waals surface area contributed by atoms with E-state index in [-0.39, 0.29) is 17.8 Å². The summed E-state index contributed by atoms with van der Waals surface area (Å²) >= 11 is 0. The number of non-ortho nitro benzene ring substituents is 1. The molecule has 0 radical (unpaired) electrons. The molecule has 25 heavy (non-hydrogen) atoms. The van der Waals surface area contributed by atoms with Gasteiger partial charge in [-0.05, 0) is 23.6 Å². The molecule has 0 N–H and O–H groups in total. The average molecular weight is 333 g/mol. The quantitative estimate of drug-likeness (QED) is 0.417. The Morgan fingerprint density at radius 2 is 1.80 bits per heavy atom. The molecule has 0 saturated heterocycles. The summed E-state index contributed by atoms with van der Waals surface area (Å²) in [4.78, 5) is 41.5. The molecule has 0 saturated carbocycles. The van der Waals surface area contributed by atoms with Gasteiger partial charge in [0.25, 0.3) is 17.5 Å². The molecule has 0 unspecified atom stereocenters. The highest BCUT2D eigenvalue weighted by Gasteiger charge is 2.34. The number of nitro benzene ring substituents is 1. The van der Waals surface area contributed by atoms with Crippen molar-refractivity contribution < 1.29 is 14.5 Å². The van der Waals surface area contributed by atoms with Crippen LogP contribution in [0.15, 0.2) is 54.7 Å². The molecule has 2 heterocycles. The Kier molecular flexibility index (Phi) is 3.28. The smallest absolute Gasteiger partial charge is 0.269 e. The summed E-state index contributed by atoms with van der Waals surface area (Å²) in [7, 11) is 0. The molecule has 2 aromatic carbocycles. The van der Waals surface area contributed by atoms with E-state index >= 15 is 0 Å². The van der Waals surface area contributed by atoms with Gasteiger partial charge in [0.05, 0.1) is 22.7 Å². The van der Waals surface area contributed by atoms with Gasteiger partial charge in [-0.2, -0.15) is 0 Å². The van der Waals surface area contributed by atoms with Crippen LogP contribution in [0.3, 0.4) is 0 Å². The number of carbonyl (C=O) groups is 2. The first-order valence-corrected chi connectivity index (χ1v) is 7.53. The van der Waals surface area contributed by atoms with Crippen molar-refractivity contribution >= 4 is 28.3 Å². The first-order chi connectivity index (χ1) is 12.1. The highest BCUT2D eigenvalue weighted by molar-refractivity contribution is 6.25. The van der Waals surface area contributed by atoms with Crippen LogP contribution in [0.25, 0.3) is 10.8 Å². The third-order valence-electron chi connectivity index (χ3n) is 4.17. The highest BCUT2D eigenvalue weighted by atomic mass is 16.6. The minimum atomic E-state index is -0.553. The number of pyridine rings is 1. The van der Waals surface area contributed by atoms with E-state index in [1.807, 2.05) is 0 Å². The number of hydrogen-bond acceptors (Lipinski definition) is 5. The van der Waals surface area contributed by atoms with Crippen LogP contribution in [-0.4, -0.2) is 26.6 Å². The van der Waals surface area contributed by atoms with Crippen LogP contribution in [-0.2, 0) is 6.54 Å². The molecule has 4 rings (SSSR count).